The molecule has 4 heterocycles. The number of hydrogen-bond donors (Lipinski definition) is 3. The van der Waals surface area contributed by atoms with Gasteiger partial charge < -0.3 is 34.8 Å². The summed E-state index contributed by atoms with van der Waals surface area (Å²) in [4.78, 5) is 44.7. The topological polar surface area (TPSA) is 132 Å². The van der Waals surface area contributed by atoms with Gasteiger partial charge >= 0.3 is 0 Å². The number of aliphatic hydroxyl groups excluding tert-OH is 2. The molecule has 11 nitrogen and oxygen atoms in total. The summed E-state index contributed by atoms with van der Waals surface area (Å²) >= 11 is 0. The molecule has 0 unspecified atom stereocenters. The van der Waals surface area contributed by atoms with Crippen LogP contribution in [0.15, 0.2) is 0 Å². The summed E-state index contributed by atoms with van der Waals surface area (Å²) in [6.45, 7) is 7.99. The molecular weight excluding hydrogens is 456 g/mol. The summed E-state index contributed by atoms with van der Waals surface area (Å²) in [5, 5.41) is 24.2. The first-order chi connectivity index (χ1) is 16.4. The van der Waals surface area contributed by atoms with E-state index in [0.29, 0.717) is 32.7 Å². The van der Waals surface area contributed by atoms with Crippen LogP contribution in [0.4, 0.5) is 0 Å². The Labute approximate surface area is 206 Å². The quantitative estimate of drug-likeness (QED) is 0.402. The third kappa shape index (κ3) is 6.14. The molecule has 0 aromatic heterocycles. The lowest BCUT2D eigenvalue weighted by Gasteiger charge is -2.38. The van der Waals surface area contributed by atoms with Crippen molar-refractivity contribution in [1.82, 2.24) is 20.0 Å². The van der Waals surface area contributed by atoms with Crippen molar-refractivity contribution in [3.05, 3.63) is 0 Å². The molecule has 0 radical (unpaired) electrons. The van der Waals surface area contributed by atoms with Gasteiger partial charge in [0.25, 0.3) is 0 Å². The minimum Gasteiger partial charge on any atom is -0.388 e. The third-order valence-electron chi connectivity index (χ3n) is 7.36. The van der Waals surface area contributed by atoms with Crippen molar-refractivity contribution in [2.45, 2.75) is 82.6 Å². The number of ether oxygens (including phenoxy) is 2. The second-order valence-electron chi connectivity index (χ2n) is 11.7. The van der Waals surface area contributed by atoms with Gasteiger partial charge in [0.05, 0.1) is 31.3 Å². The van der Waals surface area contributed by atoms with Gasteiger partial charge in [-0.2, -0.15) is 0 Å². The first-order valence-corrected chi connectivity index (χ1v) is 12.6. The molecule has 0 aromatic carbocycles. The number of amides is 3. The Morgan fingerprint density at radius 2 is 1.80 bits per heavy atom. The molecule has 0 spiro atoms. The molecule has 0 saturated carbocycles. The van der Waals surface area contributed by atoms with E-state index in [1.165, 1.54) is 0 Å². The number of rotatable bonds is 1. The fourth-order valence-electron chi connectivity index (χ4n) is 5.55. The second-order valence-corrected chi connectivity index (χ2v) is 11.7. The number of likely N-dealkylation sites (N-methyl/N-ethyl adjacent to an activating group) is 1. The molecule has 6 bridgehead atoms. The first-order valence-electron chi connectivity index (χ1n) is 12.6. The Morgan fingerprint density at radius 3 is 2.51 bits per heavy atom. The van der Waals surface area contributed by atoms with Crippen LogP contribution in [-0.2, 0) is 23.9 Å². The monoisotopic (exact) mass is 496 g/mol. The van der Waals surface area contributed by atoms with E-state index in [2.05, 4.69) is 5.32 Å². The molecule has 4 aliphatic heterocycles. The van der Waals surface area contributed by atoms with E-state index in [4.69, 9.17) is 9.47 Å². The molecule has 0 aliphatic carbocycles. The number of fused-ring (bicyclic) bond motifs is 6. The van der Waals surface area contributed by atoms with Crippen LogP contribution in [0, 0.1) is 5.41 Å². The van der Waals surface area contributed by atoms with Crippen LogP contribution in [0.3, 0.4) is 0 Å². The number of carbonyl (C=O) groups excluding carboxylic acids is 3. The lowest BCUT2D eigenvalue weighted by molar-refractivity contribution is -0.147. The summed E-state index contributed by atoms with van der Waals surface area (Å²) in [7, 11) is 1.87. The molecule has 198 valence electrons. The predicted molar refractivity (Wildman–Crippen MR) is 125 cm³/mol. The van der Waals surface area contributed by atoms with E-state index >= 15 is 0 Å². The predicted octanol–water partition coefficient (Wildman–Crippen LogP) is -1.44. The Hall–Kier alpha value is -1.79. The number of nitrogens with zero attached hydrogens (tertiary/aromatic N) is 3. The summed E-state index contributed by atoms with van der Waals surface area (Å²) in [6, 6.07) is -0.527. The molecule has 0 aromatic rings. The van der Waals surface area contributed by atoms with Crippen molar-refractivity contribution in [2.75, 3.05) is 46.4 Å². The highest BCUT2D eigenvalue weighted by Crippen LogP contribution is 2.28. The number of morpholine rings is 1. The molecule has 4 fully saturated rings. The van der Waals surface area contributed by atoms with Crippen LogP contribution in [0.1, 0.15) is 40.0 Å². The van der Waals surface area contributed by atoms with E-state index in [1.54, 1.807) is 9.80 Å². The fourth-order valence-corrected chi connectivity index (χ4v) is 5.55. The van der Waals surface area contributed by atoms with Gasteiger partial charge in [-0.3, -0.25) is 19.3 Å². The van der Waals surface area contributed by atoms with Crippen LogP contribution in [-0.4, -0.2) is 132 Å². The number of likely N-dealkylation sites (tertiary alicyclic amines) is 1. The van der Waals surface area contributed by atoms with Crippen molar-refractivity contribution >= 4 is 17.7 Å². The Morgan fingerprint density at radius 1 is 1.09 bits per heavy atom. The van der Waals surface area contributed by atoms with E-state index in [0.717, 1.165) is 0 Å². The van der Waals surface area contributed by atoms with Crippen molar-refractivity contribution < 1.29 is 34.1 Å². The van der Waals surface area contributed by atoms with Crippen LogP contribution < -0.4 is 5.32 Å². The largest absolute Gasteiger partial charge is 0.388 e. The van der Waals surface area contributed by atoms with Gasteiger partial charge in [-0.15, -0.1) is 0 Å². The van der Waals surface area contributed by atoms with Gasteiger partial charge in [-0.05, 0) is 18.9 Å². The maximum absolute atomic E-state index is 13.4. The van der Waals surface area contributed by atoms with E-state index in [-0.39, 0.29) is 67.3 Å². The molecule has 3 amide bonds. The number of aliphatic hydroxyl groups is 2. The molecule has 3 N–H and O–H groups in total. The molecule has 11 heteroatoms. The van der Waals surface area contributed by atoms with Crippen molar-refractivity contribution in [2.24, 2.45) is 5.41 Å². The Bertz CT molecular complexity index is 818. The lowest BCUT2D eigenvalue weighted by atomic mass is 9.91. The highest BCUT2D eigenvalue weighted by atomic mass is 16.5. The SMILES string of the molecule is CN1C[C@@H]2C[C@H]1C(=O)N1CCO[C@H](CN(C(=O)CC(C)(C)C)C[C@H]3O[C@@H](CC(=O)N2)[C@H](O)[C@@H]3O)C1. The zero-order chi connectivity index (χ0) is 25.5. The van der Waals surface area contributed by atoms with E-state index in [9.17, 15) is 24.6 Å². The van der Waals surface area contributed by atoms with Crippen LogP contribution >= 0.6 is 0 Å². The first kappa shape index (κ1) is 26.3. The lowest BCUT2D eigenvalue weighted by Crippen LogP contribution is -2.55. The van der Waals surface area contributed by atoms with E-state index in [1.807, 2.05) is 32.7 Å². The van der Waals surface area contributed by atoms with Crippen LogP contribution in [0.5, 0.6) is 0 Å². The average molecular weight is 497 g/mol. The number of carbonyl (C=O) groups is 3. The van der Waals surface area contributed by atoms with Crippen LogP contribution in [0.25, 0.3) is 0 Å². The molecule has 35 heavy (non-hydrogen) atoms. The summed E-state index contributed by atoms with van der Waals surface area (Å²) in [6.07, 6.45) is -3.86. The van der Waals surface area contributed by atoms with Gasteiger partial charge in [-0.25, -0.2) is 0 Å². The fraction of sp³-hybridized carbons (Fsp3) is 0.875. The normalized spacial score (nSPS) is 37.5. The van der Waals surface area contributed by atoms with Gasteiger partial charge in [-0.1, -0.05) is 20.8 Å². The summed E-state index contributed by atoms with van der Waals surface area (Å²) in [5.41, 5.74) is -0.249. The zero-order valence-electron chi connectivity index (χ0n) is 21.2. The van der Waals surface area contributed by atoms with Gasteiger partial charge in [0.2, 0.25) is 17.7 Å². The number of hydrogen-bond acceptors (Lipinski definition) is 8. The van der Waals surface area contributed by atoms with Gasteiger partial charge in [0.1, 0.15) is 18.3 Å². The standard InChI is InChI=1S/C24H40N4O7/c1-24(2,3)9-20(30)28-12-15-11-27(5-6-34-15)23(33)16-7-14(10-26(16)4)25-19(29)8-17-21(31)22(32)18(13-28)35-17/h14-18,21-22,31-32H,5-13H2,1-4H3,(H,25,29)/t14-,15-,16-,17-,18+,21-,22+/m0/s1. The van der Waals surface area contributed by atoms with Gasteiger partial charge in [0, 0.05) is 45.2 Å². The molecule has 4 aliphatic rings. The smallest absolute Gasteiger partial charge is 0.240 e. The molecular formula is C24H40N4O7. The highest BCUT2D eigenvalue weighted by Gasteiger charge is 2.46. The van der Waals surface area contributed by atoms with Crippen molar-refractivity contribution in [3.8, 4) is 0 Å². The van der Waals surface area contributed by atoms with E-state index < -0.39 is 24.4 Å². The Balaban J connectivity index is 1.59. The maximum atomic E-state index is 13.4. The minimum atomic E-state index is -1.23. The molecule has 4 saturated heterocycles. The van der Waals surface area contributed by atoms with Gasteiger partial charge in [0.15, 0.2) is 0 Å². The minimum absolute atomic E-state index is 0.00598. The van der Waals surface area contributed by atoms with Crippen molar-refractivity contribution in [1.29, 1.82) is 0 Å². The maximum Gasteiger partial charge on any atom is 0.240 e. The Kier molecular flexibility index (Phi) is 7.73. The molecule has 7 atom stereocenters. The third-order valence-corrected chi connectivity index (χ3v) is 7.36. The number of nitrogens with one attached hydrogen (secondary N) is 1. The van der Waals surface area contributed by atoms with Crippen molar-refractivity contribution in [3.63, 3.8) is 0 Å². The second kappa shape index (κ2) is 10.3. The highest BCUT2D eigenvalue weighted by molar-refractivity contribution is 5.83. The summed E-state index contributed by atoms with van der Waals surface area (Å²) < 4.78 is 11.9. The molecule has 4 rings (SSSR count). The van der Waals surface area contributed by atoms with Crippen LogP contribution in [0.2, 0.25) is 0 Å². The zero-order valence-corrected chi connectivity index (χ0v) is 21.2. The average Bonchev–Trinajstić information content (AvgIpc) is 3.25. The summed E-state index contributed by atoms with van der Waals surface area (Å²) in [5.74, 6) is -0.408.